The lowest BCUT2D eigenvalue weighted by Crippen LogP contribution is -2.05. The predicted molar refractivity (Wildman–Crippen MR) is 179 cm³/mol. The van der Waals surface area contributed by atoms with E-state index in [-0.39, 0.29) is 0 Å². The Morgan fingerprint density at radius 1 is 0.868 bits per heavy atom. The second-order valence-electron chi connectivity index (χ2n) is 8.76. The third-order valence-corrected chi connectivity index (χ3v) is 6.72. The second kappa shape index (κ2) is 28.0. The van der Waals surface area contributed by atoms with Crippen molar-refractivity contribution in [3.8, 4) is 0 Å². The Kier molecular flexibility index (Phi) is 28.1. The average molecular weight is 538 g/mol. The van der Waals surface area contributed by atoms with Gasteiger partial charge in [-0.05, 0) is 86.2 Å². The highest BCUT2D eigenvalue weighted by Gasteiger charge is 2.06. The summed E-state index contributed by atoms with van der Waals surface area (Å²) in [7, 11) is 0. The molecule has 0 saturated heterocycles. The van der Waals surface area contributed by atoms with Gasteiger partial charge in [-0.15, -0.1) is 0 Å². The normalized spacial score (nSPS) is 11.1. The summed E-state index contributed by atoms with van der Waals surface area (Å²) in [5.41, 5.74) is 6.94. The van der Waals surface area contributed by atoms with Crippen LogP contribution in [0.5, 0.6) is 0 Å². The van der Waals surface area contributed by atoms with Gasteiger partial charge in [0, 0.05) is 11.4 Å². The molecule has 1 aliphatic rings. The summed E-state index contributed by atoms with van der Waals surface area (Å²) in [6.07, 6.45) is 18.8. The van der Waals surface area contributed by atoms with E-state index in [1.165, 1.54) is 71.2 Å². The lowest BCUT2D eigenvalue weighted by molar-refractivity contribution is 0.772. The van der Waals surface area contributed by atoms with E-state index < -0.39 is 0 Å². The molecule has 2 aromatic carbocycles. The highest BCUT2D eigenvalue weighted by atomic mass is 32.2. The molecule has 0 aromatic heterocycles. The Bertz CT molecular complexity index is 862. The van der Waals surface area contributed by atoms with Crippen molar-refractivity contribution in [3.05, 3.63) is 95.1 Å². The smallest absolute Gasteiger partial charge is 0.0262 e. The summed E-state index contributed by atoms with van der Waals surface area (Å²) < 4.78 is 3.45. The van der Waals surface area contributed by atoms with Crippen molar-refractivity contribution in [1.82, 2.24) is 4.72 Å². The van der Waals surface area contributed by atoms with E-state index in [9.17, 15) is 0 Å². The van der Waals surface area contributed by atoms with Crippen molar-refractivity contribution in [2.75, 3.05) is 6.54 Å². The Morgan fingerprint density at radius 2 is 1.53 bits per heavy atom. The van der Waals surface area contributed by atoms with Gasteiger partial charge in [0.1, 0.15) is 0 Å². The molecule has 1 nitrogen and oxygen atoms in total. The largest absolute Gasteiger partial charge is 0.260 e. The van der Waals surface area contributed by atoms with Crippen LogP contribution in [-0.4, -0.2) is 6.54 Å². The molecule has 0 saturated carbocycles. The van der Waals surface area contributed by atoms with Gasteiger partial charge < -0.3 is 0 Å². The maximum absolute atomic E-state index is 3.63. The van der Waals surface area contributed by atoms with Crippen LogP contribution >= 0.6 is 11.9 Å². The molecule has 0 spiro atoms. The van der Waals surface area contributed by atoms with Crippen molar-refractivity contribution in [3.63, 3.8) is 0 Å². The number of allylic oxidation sites excluding steroid dienone is 4. The quantitative estimate of drug-likeness (QED) is 0.239. The maximum Gasteiger partial charge on any atom is 0.0262 e. The van der Waals surface area contributed by atoms with Gasteiger partial charge in [-0.25, -0.2) is 0 Å². The van der Waals surface area contributed by atoms with E-state index >= 15 is 0 Å². The molecule has 0 amide bonds. The van der Waals surface area contributed by atoms with E-state index in [1.54, 1.807) is 11.9 Å². The van der Waals surface area contributed by atoms with Gasteiger partial charge in [-0.2, -0.15) is 0 Å². The van der Waals surface area contributed by atoms with Crippen LogP contribution in [0.3, 0.4) is 0 Å². The highest BCUT2D eigenvalue weighted by molar-refractivity contribution is 7.97. The first-order valence-corrected chi connectivity index (χ1v) is 15.9. The molecule has 0 heterocycles. The van der Waals surface area contributed by atoms with Crippen molar-refractivity contribution in [1.29, 1.82) is 0 Å². The SMILES string of the molecule is C=Cc1ccccc1.CC.CC.CCCCC.CCCNSc1cc(CCC2=CCCC=C2)cc(C)c1C. The molecule has 38 heavy (non-hydrogen) atoms. The van der Waals surface area contributed by atoms with Gasteiger partial charge in [-0.1, -0.05) is 141 Å². The number of hydrogen-bond acceptors (Lipinski definition) is 2. The van der Waals surface area contributed by atoms with E-state index in [2.05, 4.69) is 76.3 Å². The average Bonchev–Trinajstić information content (AvgIpc) is 2.98. The molecule has 0 radical (unpaired) electrons. The minimum Gasteiger partial charge on any atom is -0.260 e. The van der Waals surface area contributed by atoms with Crippen molar-refractivity contribution in [2.24, 2.45) is 0 Å². The van der Waals surface area contributed by atoms with Crippen LogP contribution in [-0.2, 0) is 6.42 Å². The third-order valence-electron chi connectivity index (χ3n) is 5.73. The molecule has 1 N–H and O–H groups in total. The number of nitrogens with one attached hydrogen (secondary N) is 1. The summed E-state index contributed by atoms with van der Waals surface area (Å²) in [5.74, 6) is 0. The summed E-state index contributed by atoms with van der Waals surface area (Å²) in [6, 6.07) is 14.7. The first-order valence-electron chi connectivity index (χ1n) is 15.1. The fourth-order valence-electron chi connectivity index (χ4n) is 3.46. The fraction of sp³-hybridized carbons (Fsp3) is 0.500. The minimum atomic E-state index is 1.06. The first-order chi connectivity index (χ1) is 18.5. The van der Waals surface area contributed by atoms with Crippen molar-refractivity contribution >= 4 is 18.0 Å². The van der Waals surface area contributed by atoms with Crippen LogP contribution in [0.4, 0.5) is 0 Å². The molecule has 2 heteroatoms. The van der Waals surface area contributed by atoms with Gasteiger partial charge >= 0.3 is 0 Å². The van der Waals surface area contributed by atoms with E-state index in [4.69, 9.17) is 0 Å². The lowest BCUT2D eigenvalue weighted by Gasteiger charge is -2.13. The number of hydrogen-bond donors (Lipinski definition) is 1. The summed E-state index contributed by atoms with van der Waals surface area (Å²) in [5, 5.41) is 0. The maximum atomic E-state index is 3.63. The standard InChI is InChI=1S/C19H27NS.C8H8.C5H12.2C2H6/c1-4-12-20-21-19-14-18(13-15(2)16(19)3)11-10-17-8-6-5-7-9-17;1-2-8-6-4-3-5-7-8;1-3-5-4-2;2*1-2/h6,8-9,13-14,20H,4-5,7,10-12H2,1-3H3;2-7H,1H2;3-5H2,1-2H3;2*1-2H3. The van der Waals surface area contributed by atoms with Gasteiger partial charge in [-0.3, -0.25) is 4.72 Å². The van der Waals surface area contributed by atoms with Crippen LogP contribution in [0.2, 0.25) is 0 Å². The van der Waals surface area contributed by atoms with Crippen LogP contribution in [0, 0.1) is 13.8 Å². The molecule has 0 unspecified atom stereocenters. The second-order valence-corrected chi connectivity index (χ2v) is 9.69. The minimum absolute atomic E-state index is 1.06. The molecule has 0 bridgehead atoms. The molecule has 1 aliphatic carbocycles. The van der Waals surface area contributed by atoms with Crippen molar-refractivity contribution in [2.45, 2.75) is 119 Å². The zero-order valence-electron chi connectivity index (χ0n) is 26.3. The van der Waals surface area contributed by atoms with Gasteiger partial charge in [0.15, 0.2) is 0 Å². The number of rotatable bonds is 10. The summed E-state index contributed by atoms with van der Waals surface area (Å²) in [4.78, 5) is 1.38. The van der Waals surface area contributed by atoms with E-state index in [0.29, 0.717) is 0 Å². The van der Waals surface area contributed by atoms with Crippen LogP contribution in [0.1, 0.15) is 116 Å². The Balaban J connectivity index is 0. The third kappa shape index (κ3) is 19.1. The van der Waals surface area contributed by atoms with Crippen LogP contribution in [0.15, 0.2) is 77.7 Å². The van der Waals surface area contributed by atoms with Gasteiger partial charge in [0.05, 0.1) is 0 Å². The zero-order chi connectivity index (χ0) is 29.0. The lowest BCUT2D eigenvalue weighted by atomic mass is 9.98. The van der Waals surface area contributed by atoms with Crippen LogP contribution < -0.4 is 4.72 Å². The van der Waals surface area contributed by atoms with E-state index in [1.807, 2.05) is 64.1 Å². The monoisotopic (exact) mass is 537 g/mol. The molecular weight excluding hydrogens is 478 g/mol. The molecule has 0 fully saturated rings. The highest BCUT2D eigenvalue weighted by Crippen LogP contribution is 2.26. The Labute approximate surface area is 242 Å². The number of benzene rings is 2. The first kappa shape index (κ1) is 38.1. The molecule has 2 aromatic rings. The number of unbranched alkanes of at least 4 members (excludes halogenated alkanes) is 2. The van der Waals surface area contributed by atoms with Gasteiger partial charge in [0.25, 0.3) is 0 Å². The van der Waals surface area contributed by atoms with Crippen molar-refractivity contribution < 1.29 is 0 Å². The summed E-state index contributed by atoms with van der Waals surface area (Å²) in [6.45, 7) is 23.8. The molecule has 0 aliphatic heterocycles. The number of aryl methyl sites for hydroxylation is 2. The predicted octanol–water partition coefficient (Wildman–Crippen LogP) is 12.1. The molecule has 0 atom stereocenters. The molecule has 214 valence electrons. The van der Waals surface area contributed by atoms with Crippen LogP contribution in [0.25, 0.3) is 6.08 Å². The Morgan fingerprint density at radius 3 is 2.00 bits per heavy atom. The Hall–Kier alpha value is -2.03. The fourth-order valence-corrected chi connectivity index (χ4v) is 4.45. The molecular formula is C36H59NS. The van der Waals surface area contributed by atoms with E-state index in [0.717, 1.165) is 19.4 Å². The van der Waals surface area contributed by atoms with Gasteiger partial charge in [0.2, 0.25) is 0 Å². The molecule has 3 rings (SSSR count). The topological polar surface area (TPSA) is 12.0 Å². The summed E-state index contributed by atoms with van der Waals surface area (Å²) >= 11 is 1.78. The zero-order valence-corrected chi connectivity index (χ0v) is 27.1.